The van der Waals surface area contributed by atoms with Crippen LogP contribution in [-0.2, 0) is 0 Å². The van der Waals surface area contributed by atoms with E-state index in [-0.39, 0.29) is 0 Å². The van der Waals surface area contributed by atoms with Crippen molar-refractivity contribution in [3.8, 4) is 39.1 Å². The van der Waals surface area contributed by atoms with Crippen molar-refractivity contribution in [1.82, 2.24) is 4.57 Å². The van der Waals surface area contributed by atoms with Gasteiger partial charge in [0.1, 0.15) is 11.2 Å². The number of anilines is 3. The molecule has 0 aliphatic carbocycles. The molecule has 3 nitrogen and oxygen atoms in total. The van der Waals surface area contributed by atoms with Crippen molar-refractivity contribution in [3.05, 3.63) is 255 Å². The Morgan fingerprint density at radius 2 is 0.754 bits per heavy atom. The third kappa shape index (κ3) is 6.21. The lowest BCUT2D eigenvalue weighted by Crippen LogP contribution is -2.11. The molecule has 0 saturated carbocycles. The second-order valence-electron chi connectivity index (χ2n) is 18.0. The number of nitrogens with zero attached hydrogens (tertiary/aromatic N) is 2. The summed E-state index contributed by atoms with van der Waals surface area (Å²) in [5.74, 6) is 0. The summed E-state index contributed by atoms with van der Waals surface area (Å²) in [6.07, 6.45) is 0. The summed E-state index contributed by atoms with van der Waals surface area (Å²) in [4.78, 5) is 2.45. The summed E-state index contributed by atoms with van der Waals surface area (Å²) in [6, 6.07) is 92.6. The topological polar surface area (TPSA) is 21.3 Å². The molecular formula is C66H42N2O. The zero-order chi connectivity index (χ0) is 45.4. The molecule has 14 rings (SSSR count). The largest absolute Gasteiger partial charge is 0.455 e. The van der Waals surface area contributed by atoms with E-state index in [4.69, 9.17) is 4.42 Å². The van der Waals surface area contributed by atoms with Gasteiger partial charge in [-0.1, -0.05) is 200 Å². The summed E-state index contributed by atoms with van der Waals surface area (Å²) in [5, 5.41) is 12.3. The van der Waals surface area contributed by atoms with Gasteiger partial charge in [0.25, 0.3) is 0 Å². The lowest BCUT2D eigenvalue weighted by molar-refractivity contribution is 0.670. The minimum absolute atomic E-state index is 0.909. The summed E-state index contributed by atoms with van der Waals surface area (Å²) in [6.45, 7) is 0. The van der Waals surface area contributed by atoms with Crippen LogP contribution in [0, 0.1) is 0 Å². The average molecular weight is 879 g/mol. The van der Waals surface area contributed by atoms with Crippen LogP contribution in [0.2, 0.25) is 0 Å². The second-order valence-corrected chi connectivity index (χ2v) is 18.0. The van der Waals surface area contributed by atoms with E-state index in [9.17, 15) is 0 Å². The Bertz CT molecular complexity index is 4220. The lowest BCUT2D eigenvalue weighted by atomic mass is 9.93. The smallest absolute Gasteiger partial charge is 0.143 e. The molecule has 0 N–H and O–H groups in total. The molecule has 0 amide bonds. The molecule has 3 heteroatoms. The quantitative estimate of drug-likeness (QED) is 0.149. The average Bonchev–Trinajstić information content (AvgIpc) is 3.98. The summed E-state index contributed by atoms with van der Waals surface area (Å²) >= 11 is 0. The van der Waals surface area contributed by atoms with Gasteiger partial charge in [0.2, 0.25) is 0 Å². The highest BCUT2D eigenvalue weighted by Gasteiger charge is 2.22. The molecule has 0 spiro atoms. The van der Waals surface area contributed by atoms with Gasteiger partial charge in [0, 0.05) is 49.6 Å². The molecule has 14 aromatic rings. The van der Waals surface area contributed by atoms with Gasteiger partial charge in [-0.15, -0.1) is 0 Å². The SMILES string of the molecule is c1ccc(N(c2ccc(-c3ccc(-c4cccc5c4oc4ccccc45)cc3)cc2)c2ccc3c4ccccc4c4ccccc4c3c2)c(-c2ccccc2-n2c3ccccc3c3ccccc32)c1. The maximum absolute atomic E-state index is 6.41. The van der Waals surface area contributed by atoms with Crippen LogP contribution >= 0.6 is 0 Å². The number of rotatable bonds is 7. The predicted octanol–water partition coefficient (Wildman–Crippen LogP) is 18.6. The third-order valence-corrected chi connectivity index (χ3v) is 14.2. The third-order valence-electron chi connectivity index (χ3n) is 14.2. The van der Waals surface area contributed by atoms with Crippen LogP contribution in [0.5, 0.6) is 0 Å². The number of benzene rings is 12. The van der Waals surface area contributed by atoms with Crippen molar-refractivity contribution >= 4 is 93.1 Å². The number of furan rings is 1. The van der Waals surface area contributed by atoms with E-state index in [2.05, 4.69) is 252 Å². The fourth-order valence-electron chi connectivity index (χ4n) is 11.1. The highest BCUT2D eigenvalue weighted by molar-refractivity contribution is 6.26. The molecule has 0 aliphatic heterocycles. The van der Waals surface area contributed by atoms with E-state index in [1.165, 1.54) is 54.1 Å². The minimum atomic E-state index is 0.909. The molecule has 0 radical (unpaired) electrons. The van der Waals surface area contributed by atoms with Crippen LogP contribution in [0.3, 0.4) is 0 Å². The predicted molar refractivity (Wildman–Crippen MR) is 292 cm³/mol. The van der Waals surface area contributed by atoms with Gasteiger partial charge in [-0.25, -0.2) is 0 Å². The van der Waals surface area contributed by atoms with E-state index in [0.29, 0.717) is 0 Å². The molecule has 322 valence electrons. The number of fused-ring (bicyclic) bond motifs is 12. The van der Waals surface area contributed by atoms with E-state index in [1.807, 2.05) is 12.1 Å². The molecule has 69 heavy (non-hydrogen) atoms. The zero-order valence-electron chi connectivity index (χ0n) is 37.6. The van der Waals surface area contributed by atoms with Gasteiger partial charge in [-0.2, -0.15) is 0 Å². The first-order valence-corrected chi connectivity index (χ1v) is 23.7. The van der Waals surface area contributed by atoms with Crippen LogP contribution < -0.4 is 4.90 Å². The van der Waals surface area contributed by atoms with Crippen LogP contribution in [0.25, 0.3) is 115 Å². The van der Waals surface area contributed by atoms with Crippen molar-refractivity contribution in [3.63, 3.8) is 0 Å². The van der Waals surface area contributed by atoms with E-state index in [0.717, 1.165) is 78.1 Å². The van der Waals surface area contributed by atoms with Crippen molar-refractivity contribution < 1.29 is 4.42 Å². The van der Waals surface area contributed by atoms with Gasteiger partial charge < -0.3 is 13.9 Å². The normalized spacial score (nSPS) is 11.8. The van der Waals surface area contributed by atoms with Gasteiger partial charge in [0.15, 0.2) is 0 Å². The van der Waals surface area contributed by atoms with Crippen molar-refractivity contribution in [1.29, 1.82) is 0 Å². The van der Waals surface area contributed by atoms with Gasteiger partial charge in [-0.05, 0) is 104 Å². The molecule has 0 fully saturated rings. The second kappa shape index (κ2) is 15.7. The first-order valence-electron chi connectivity index (χ1n) is 23.7. The van der Waals surface area contributed by atoms with Crippen molar-refractivity contribution in [2.75, 3.05) is 4.90 Å². The van der Waals surface area contributed by atoms with E-state index < -0.39 is 0 Å². The first-order chi connectivity index (χ1) is 34.2. The van der Waals surface area contributed by atoms with Gasteiger partial charge >= 0.3 is 0 Å². The molecule has 2 aromatic heterocycles. The fraction of sp³-hybridized carbons (Fsp3) is 0. The molecular weight excluding hydrogens is 837 g/mol. The lowest BCUT2D eigenvalue weighted by Gasteiger charge is -2.29. The monoisotopic (exact) mass is 878 g/mol. The van der Waals surface area contributed by atoms with E-state index >= 15 is 0 Å². The Balaban J connectivity index is 0.932. The maximum Gasteiger partial charge on any atom is 0.143 e. The standard InChI is InChI=1S/C66H42N2O/c1-2-18-51-49(16-1)50-17-3-4-19-52(50)60-42-47(40-41-53(51)60)67(46-38-36-44(37-39-46)43-32-34-45(35-33-43)48-25-15-26-59-58-24-9-14-31-65(58)69-66(48)59)61-27-10-5-20-54(61)55-21-6-11-28-62(55)68-63-29-12-7-22-56(63)57-23-8-13-30-64(57)68/h1-42H. The zero-order valence-corrected chi connectivity index (χ0v) is 37.6. The maximum atomic E-state index is 6.41. The molecule has 0 unspecified atom stereocenters. The number of aromatic nitrogens is 1. The number of hydrogen-bond donors (Lipinski definition) is 0. The first kappa shape index (κ1) is 39.0. The summed E-state index contributed by atoms with van der Waals surface area (Å²) in [5.41, 5.74) is 15.4. The Kier molecular flexibility index (Phi) is 8.90. The van der Waals surface area contributed by atoms with Crippen LogP contribution in [-0.4, -0.2) is 4.57 Å². The Morgan fingerprint density at radius 1 is 0.290 bits per heavy atom. The molecule has 0 saturated heterocycles. The number of hydrogen-bond acceptors (Lipinski definition) is 2. The number of para-hydroxylation sites is 6. The Labute approximate surface area is 399 Å². The van der Waals surface area contributed by atoms with Crippen molar-refractivity contribution in [2.24, 2.45) is 0 Å². The molecule has 0 atom stereocenters. The van der Waals surface area contributed by atoms with Gasteiger partial charge in [0.05, 0.1) is 22.4 Å². The molecule has 0 bridgehead atoms. The summed E-state index contributed by atoms with van der Waals surface area (Å²) in [7, 11) is 0. The fourth-order valence-corrected chi connectivity index (χ4v) is 11.1. The Hall–Kier alpha value is -9.18. The van der Waals surface area contributed by atoms with Crippen LogP contribution in [0.15, 0.2) is 259 Å². The Morgan fingerprint density at radius 3 is 1.43 bits per heavy atom. The summed E-state index contributed by atoms with van der Waals surface area (Å²) < 4.78 is 8.85. The van der Waals surface area contributed by atoms with Crippen LogP contribution in [0.4, 0.5) is 17.1 Å². The van der Waals surface area contributed by atoms with Crippen molar-refractivity contribution in [2.45, 2.75) is 0 Å². The molecule has 12 aromatic carbocycles. The highest BCUT2D eigenvalue weighted by Crippen LogP contribution is 2.46. The van der Waals surface area contributed by atoms with E-state index in [1.54, 1.807) is 0 Å². The molecule has 2 heterocycles. The van der Waals surface area contributed by atoms with Gasteiger partial charge in [-0.3, -0.25) is 0 Å². The highest BCUT2D eigenvalue weighted by atomic mass is 16.3. The molecule has 0 aliphatic rings. The van der Waals surface area contributed by atoms with Crippen LogP contribution in [0.1, 0.15) is 0 Å². The minimum Gasteiger partial charge on any atom is -0.455 e.